The molecule has 0 radical (unpaired) electrons. The van der Waals surface area contributed by atoms with Crippen molar-refractivity contribution >= 4 is 27.4 Å². The van der Waals surface area contributed by atoms with Crippen LogP contribution in [0.15, 0.2) is 30.5 Å². The lowest BCUT2D eigenvalue weighted by atomic mass is 10.1. The van der Waals surface area contributed by atoms with Crippen LogP contribution in [0.3, 0.4) is 0 Å². The number of rotatable bonds is 1. The molecule has 0 saturated carbocycles. The van der Waals surface area contributed by atoms with Crippen LogP contribution in [0.2, 0.25) is 0 Å². The van der Waals surface area contributed by atoms with E-state index in [1.54, 1.807) is 0 Å². The standard InChI is InChI=1S/C14H14N4S/c1-9-10-4-2-3-5-12(10)19-13(9)11-8-18-14(17-11)15-6-7-16-18/h2-5,8,16H,6-7H2,1H3,(H,15,17). The van der Waals surface area contributed by atoms with Gasteiger partial charge < -0.3 is 10.7 Å². The summed E-state index contributed by atoms with van der Waals surface area (Å²) in [6, 6.07) is 8.52. The summed E-state index contributed by atoms with van der Waals surface area (Å²) in [5.74, 6) is 0.901. The van der Waals surface area contributed by atoms with Gasteiger partial charge in [-0.2, -0.15) is 0 Å². The predicted molar refractivity (Wildman–Crippen MR) is 80.5 cm³/mol. The molecule has 96 valence electrons. The van der Waals surface area contributed by atoms with Gasteiger partial charge in [-0.05, 0) is 23.9 Å². The molecule has 0 fully saturated rings. The van der Waals surface area contributed by atoms with Crippen LogP contribution in [0.5, 0.6) is 0 Å². The monoisotopic (exact) mass is 270 g/mol. The van der Waals surface area contributed by atoms with E-state index in [-0.39, 0.29) is 0 Å². The molecule has 1 aliphatic rings. The summed E-state index contributed by atoms with van der Waals surface area (Å²) >= 11 is 1.81. The molecule has 1 aliphatic heterocycles. The number of hydrogen-bond acceptors (Lipinski definition) is 4. The number of imidazole rings is 1. The highest BCUT2D eigenvalue weighted by Crippen LogP contribution is 2.37. The van der Waals surface area contributed by atoms with Crippen LogP contribution in [-0.2, 0) is 0 Å². The predicted octanol–water partition coefficient (Wildman–Crippen LogP) is 3.04. The second-order valence-electron chi connectivity index (χ2n) is 4.71. The Labute approximate surface area is 115 Å². The Morgan fingerprint density at radius 1 is 1.26 bits per heavy atom. The molecule has 2 aromatic heterocycles. The number of benzene rings is 1. The zero-order chi connectivity index (χ0) is 12.8. The maximum atomic E-state index is 4.68. The van der Waals surface area contributed by atoms with Gasteiger partial charge in [-0.1, -0.05) is 18.2 Å². The van der Waals surface area contributed by atoms with Crippen LogP contribution < -0.4 is 10.7 Å². The first-order chi connectivity index (χ1) is 9.33. The Kier molecular flexibility index (Phi) is 2.29. The lowest BCUT2D eigenvalue weighted by Gasteiger charge is -2.16. The number of nitrogens with one attached hydrogen (secondary N) is 2. The topological polar surface area (TPSA) is 41.9 Å². The van der Waals surface area contributed by atoms with E-state index in [4.69, 9.17) is 0 Å². The Bertz CT molecular complexity index is 732. The fourth-order valence-electron chi connectivity index (χ4n) is 2.50. The first kappa shape index (κ1) is 10.9. The van der Waals surface area contributed by atoms with E-state index in [1.165, 1.54) is 20.5 Å². The number of aromatic nitrogens is 2. The number of nitrogens with zero attached hydrogens (tertiary/aromatic N) is 2. The third-order valence-corrected chi connectivity index (χ3v) is 4.77. The maximum Gasteiger partial charge on any atom is 0.222 e. The minimum atomic E-state index is 0.901. The number of fused-ring (bicyclic) bond motifs is 2. The van der Waals surface area contributed by atoms with Gasteiger partial charge in [-0.3, -0.25) is 0 Å². The van der Waals surface area contributed by atoms with Crippen LogP contribution in [0, 0.1) is 6.92 Å². The molecule has 19 heavy (non-hydrogen) atoms. The molecule has 1 aromatic carbocycles. The third-order valence-electron chi connectivity index (χ3n) is 3.47. The molecule has 3 aromatic rings. The minimum Gasteiger partial charge on any atom is -0.352 e. The summed E-state index contributed by atoms with van der Waals surface area (Å²) in [5.41, 5.74) is 5.66. The fraction of sp³-hybridized carbons (Fsp3) is 0.214. The van der Waals surface area contributed by atoms with Crippen molar-refractivity contribution in [3.05, 3.63) is 36.0 Å². The van der Waals surface area contributed by atoms with Crippen LogP contribution in [0.25, 0.3) is 20.7 Å². The van der Waals surface area contributed by atoms with E-state index in [2.05, 4.69) is 53.1 Å². The van der Waals surface area contributed by atoms with E-state index in [1.807, 2.05) is 16.0 Å². The van der Waals surface area contributed by atoms with Crippen LogP contribution >= 0.6 is 11.3 Å². The van der Waals surface area contributed by atoms with Crippen molar-refractivity contribution in [1.29, 1.82) is 0 Å². The number of anilines is 1. The van der Waals surface area contributed by atoms with Crippen molar-refractivity contribution in [1.82, 2.24) is 9.66 Å². The second kappa shape index (κ2) is 3.99. The van der Waals surface area contributed by atoms with Crippen LogP contribution in [-0.4, -0.2) is 22.7 Å². The van der Waals surface area contributed by atoms with Gasteiger partial charge in [-0.25, -0.2) is 9.66 Å². The van der Waals surface area contributed by atoms with Crippen LogP contribution in [0.1, 0.15) is 5.56 Å². The highest BCUT2D eigenvalue weighted by molar-refractivity contribution is 7.22. The Morgan fingerprint density at radius 3 is 3.00 bits per heavy atom. The lowest BCUT2D eigenvalue weighted by molar-refractivity contribution is 0.793. The lowest BCUT2D eigenvalue weighted by Crippen LogP contribution is -2.29. The largest absolute Gasteiger partial charge is 0.352 e. The summed E-state index contributed by atoms with van der Waals surface area (Å²) in [5, 5.41) is 4.63. The Morgan fingerprint density at radius 2 is 2.16 bits per heavy atom. The van der Waals surface area contributed by atoms with Crippen molar-refractivity contribution in [2.24, 2.45) is 0 Å². The molecule has 3 heterocycles. The molecule has 5 heteroatoms. The second-order valence-corrected chi connectivity index (χ2v) is 5.76. The quantitative estimate of drug-likeness (QED) is 0.714. The SMILES string of the molecule is Cc1c(-c2cn3c(n2)NCCN3)sc2ccccc12. The Hall–Kier alpha value is -2.01. The highest BCUT2D eigenvalue weighted by Gasteiger charge is 2.16. The average molecular weight is 270 g/mol. The van der Waals surface area contributed by atoms with E-state index < -0.39 is 0 Å². The van der Waals surface area contributed by atoms with Crippen molar-refractivity contribution in [3.8, 4) is 10.6 Å². The van der Waals surface area contributed by atoms with Gasteiger partial charge in [0.2, 0.25) is 5.95 Å². The van der Waals surface area contributed by atoms with Gasteiger partial charge in [0.1, 0.15) is 5.69 Å². The van der Waals surface area contributed by atoms with Gasteiger partial charge in [0.25, 0.3) is 0 Å². The molecule has 2 N–H and O–H groups in total. The average Bonchev–Trinajstić information content (AvgIpc) is 3.00. The van der Waals surface area contributed by atoms with Crippen molar-refractivity contribution < 1.29 is 0 Å². The van der Waals surface area contributed by atoms with Crippen LogP contribution in [0.4, 0.5) is 5.95 Å². The molecule has 0 spiro atoms. The maximum absolute atomic E-state index is 4.68. The van der Waals surface area contributed by atoms with Gasteiger partial charge in [0.05, 0.1) is 11.1 Å². The number of hydrogen-bond donors (Lipinski definition) is 2. The smallest absolute Gasteiger partial charge is 0.222 e. The molecule has 0 amide bonds. The molecule has 0 saturated heterocycles. The van der Waals surface area contributed by atoms with E-state index in [9.17, 15) is 0 Å². The highest BCUT2D eigenvalue weighted by atomic mass is 32.1. The van der Waals surface area contributed by atoms with Gasteiger partial charge in [0, 0.05) is 17.8 Å². The van der Waals surface area contributed by atoms with E-state index in [0.29, 0.717) is 0 Å². The first-order valence-electron chi connectivity index (χ1n) is 6.38. The van der Waals surface area contributed by atoms with Gasteiger partial charge >= 0.3 is 0 Å². The zero-order valence-corrected chi connectivity index (χ0v) is 11.4. The molecule has 4 nitrogen and oxygen atoms in total. The Balaban J connectivity index is 1.90. The molecular formula is C14H14N4S. The van der Waals surface area contributed by atoms with Crippen molar-refractivity contribution in [2.45, 2.75) is 6.92 Å². The summed E-state index contributed by atoms with van der Waals surface area (Å²) in [6.45, 7) is 4.02. The first-order valence-corrected chi connectivity index (χ1v) is 7.20. The molecule has 0 unspecified atom stereocenters. The molecule has 0 atom stereocenters. The van der Waals surface area contributed by atoms with Gasteiger partial charge in [0.15, 0.2) is 0 Å². The number of aryl methyl sites for hydroxylation is 1. The fourth-order valence-corrected chi connectivity index (χ4v) is 3.67. The minimum absolute atomic E-state index is 0.901. The third kappa shape index (κ3) is 1.62. The number of thiophene rings is 1. The zero-order valence-electron chi connectivity index (χ0n) is 10.6. The molecule has 0 bridgehead atoms. The summed E-state index contributed by atoms with van der Waals surface area (Å²) in [7, 11) is 0. The molecule has 4 rings (SSSR count). The summed E-state index contributed by atoms with van der Waals surface area (Å²) in [4.78, 5) is 5.93. The normalized spacial score (nSPS) is 13.9. The molecular weight excluding hydrogens is 256 g/mol. The molecule has 0 aliphatic carbocycles. The van der Waals surface area contributed by atoms with Gasteiger partial charge in [-0.15, -0.1) is 11.3 Å². The van der Waals surface area contributed by atoms with Crippen molar-refractivity contribution in [2.75, 3.05) is 23.8 Å². The van der Waals surface area contributed by atoms with E-state index >= 15 is 0 Å². The summed E-state index contributed by atoms with van der Waals surface area (Å²) < 4.78 is 3.30. The van der Waals surface area contributed by atoms with Crippen molar-refractivity contribution in [3.63, 3.8) is 0 Å². The summed E-state index contributed by atoms with van der Waals surface area (Å²) in [6.07, 6.45) is 2.07. The van der Waals surface area contributed by atoms with E-state index in [0.717, 1.165) is 24.7 Å².